The summed E-state index contributed by atoms with van der Waals surface area (Å²) in [6.07, 6.45) is 0. The van der Waals surface area contributed by atoms with Crippen LogP contribution in [0.25, 0.3) is 11.4 Å². The van der Waals surface area contributed by atoms with Crippen molar-refractivity contribution < 1.29 is 8.42 Å². The van der Waals surface area contributed by atoms with E-state index in [0.717, 1.165) is 0 Å². The van der Waals surface area contributed by atoms with Gasteiger partial charge in [-0.1, -0.05) is 23.2 Å². The molecule has 0 fully saturated rings. The van der Waals surface area contributed by atoms with Crippen LogP contribution in [0.15, 0.2) is 23.4 Å². The summed E-state index contributed by atoms with van der Waals surface area (Å²) in [4.78, 5) is 0. The molecule has 5 nitrogen and oxygen atoms in total. The summed E-state index contributed by atoms with van der Waals surface area (Å²) in [5, 5.41) is 7.98. The lowest BCUT2D eigenvalue weighted by Crippen LogP contribution is -2.06. The maximum Gasteiger partial charge on any atom is 0.296 e. The Morgan fingerprint density at radius 1 is 1.16 bits per heavy atom. The fraction of sp³-hybridized carbons (Fsp3) is 0.200. The number of halogens is 3. The van der Waals surface area contributed by atoms with Crippen LogP contribution >= 0.6 is 33.9 Å². The third kappa shape index (κ3) is 3.02. The lowest BCUT2D eigenvalue weighted by atomic mass is 10.2. The van der Waals surface area contributed by atoms with Crippen molar-refractivity contribution in [3.63, 3.8) is 0 Å². The molecule has 9 heteroatoms. The predicted octanol–water partition coefficient (Wildman–Crippen LogP) is 3.20. The van der Waals surface area contributed by atoms with E-state index in [1.807, 2.05) is 0 Å². The Balaban J connectivity index is 2.67. The highest BCUT2D eigenvalue weighted by atomic mass is 35.7. The minimum atomic E-state index is -3.96. The molecular formula is C10H8Cl3N3O2S. The van der Waals surface area contributed by atoms with Gasteiger partial charge in [-0.25, -0.2) is 8.42 Å². The molecule has 0 bridgehead atoms. The average Bonchev–Trinajstić information content (AvgIpc) is 2.70. The molecule has 0 spiro atoms. The monoisotopic (exact) mass is 339 g/mol. The molecule has 0 aliphatic carbocycles. The number of nitrogens with zero attached hydrogens (tertiary/aromatic N) is 3. The van der Waals surface area contributed by atoms with Gasteiger partial charge in [-0.3, -0.25) is 4.57 Å². The van der Waals surface area contributed by atoms with Crippen LogP contribution in [-0.2, 0) is 15.6 Å². The number of aromatic nitrogens is 3. The molecule has 1 heterocycles. The number of hydrogen-bond donors (Lipinski definition) is 0. The number of hydrogen-bond acceptors (Lipinski definition) is 4. The van der Waals surface area contributed by atoms with Crippen LogP contribution < -0.4 is 0 Å². The minimum absolute atomic E-state index is 0.303. The normalized spacial score (nSPS) is 11.8. The zero-order valence-corrected chi connectivity index (χ0v) is 12.7. The molecular weight excluding hydrogens is 333 g/mol. The van der Waals surface area contributed by atoms with Gasteiger partial charge in [0, 0.05) is 32.8 Å². The molecule has 0 saturated heterocycles. The van der Waals surface area contributed by atoms with Gasteiger partial charge >= 0.3 is 0 Å². The number of benzene rings is 1. The fourth-order valence-electron chi connectivity index (χ4n) is 1.65. The summed E-state index contributed by atoms with van der Waals surface area (Å²) in [7, 11) is 1.35. The lowest BCUT2D eigenvalue weighted by molar-refractivity contribution is 0.583. The van der Waals surface area contributed by atoms with Crippen molar-refractivity contribution in [2.75, 3.05) is 0 Å². The Hall–Kier alpha value is -0.820. The maximum absolute atomic E-state index is 11.4. The predicted molar refractivity (Wildman–Crippen MR) is 74.2 cm³/mol. The summed E-state index contributed by atoms with van der Waals surface area (Å²) < 4.78 is 24.1. The Labute approximate surface area is 124 Å². The SMILES string of the molecule is CCn1c(-c2cc(Cl)cc(Cl)c2)nnc1S(=O)(=O)Cl. The van der Waals surface area contributed by atoms with Crippen molar-refractivity contribution in [1.29, 1.82) is 0 Å². The Morgan fingerprint density at radius 2 is 1.74 bits per heavy atom. The van der Waals surface area contributed by atoms with E-state index in [1.165, 1.54) is 4.57 Å². The van der Waals surface area contributed by atoms with Crippen molar-refractivity contribution in [3.8, 4) is 11.4 Å². The molecule has 0 aliphatic heterocycles. The summed E-state index contributed by atoms with van der Waals surface area (Å²) in [6.45, 7) is 2.10. The maximum atomic E-state index is 11.4. The van der Waals surface area contributed by atoms with E-state index in [1.54, 1.807) is 25.1 Å². The average molecular weight is 341 g/mol. The summed E-state index contributed by atoms with van der Waals surface area (Å²) in [5.41, 5.74) is 0.568. The first-order valence-corrected chi connectivity index (χ1v) is 8.23. The quantitative estimate of drug-likeness (QED) is 0.805. The highest BCUT2D eigenvalue weighted by molar-refractivity contribution is 8.13. The van der Waals surface area contributed by atoms with Crippen LogP contribution in [0.3, 0.4) is 0 Å². The molecule has 102 valence electrons. The van der Waals surface area contributed by atoms with Crippen molar-refractivity contribution >= 4 is 42.9 Å². The standard InChI is InChI=1S/C10H8Cl3N3O2S/c1-2-16-9(14-15-10(16)19(13,17)18)6-3-7(11)5-8(12)4-6/h3-5H,2H2,1H3. The molecule has 0 atom stereocenters. The van der Waals surface area contributed by atoms with Crippen LogP contribution in [0.2, 0.25) is 10.0 Å². The second-order valence-electron chi connectivity index (χ2n) is 3.65. The third-order valence-electron chi connectivity index (χ3n) is 2.37. The van der Waals surface area contributed by atoms with Crippen molar-refractivity contribution in [1.82, 2.24) is 14.8 Å². The Bertz CT molecular complexity index is 707. The van der Waals surface area contributed by atoms with Crippen LogP contribution in [0.5, 0.6) is 0 Å². The summed E-state index contributed by atoms with van der Waals surface area (Å²) in [5.74, 6) is 0.339. The van der Waals surface area contributed by atoms with Crippen LogP contribution in [0, 0.1) is 0 Å². The van der Waals surface area contributed by atoms with E-state index in [9.17, 15) is 8.42 Å². The van der Waals surface area contributed by atoms with Gasteiger partial charge < -0.3 is 0 Å². The highest BCUT2D eigenvalue weighted by Gasteiger charge is 2.22. The molecule has 0 N–H and O–H groups in total. The van der Waals surface area contributed by atoms with E-state index in [2.05, 4.69) is 10.2 Å². The first-order chi connectivity index (χ1) is 8.82. The first-order valence-electron chi connectivity index (χ1n) is 5.17. The zero-order valence-electron chi connectivity index (χ0n) is 9.64. The highest BCUT2D eigenvalue weighted by Crippen LogP contribution is 2.28. The van der Waals surface area contributed by atoms with Gasteiger partial charge in [0.05, 0.1) is 0 Å². The second-order valence-corrected chi connectivity index (χ2v) is 6.98. The zero-order chi connectivity index (χ0) is 14.2. The minimum Gasteiger partial charge on any atom is -0.297 e. The van der Waals surface area contributed by atoms with Crippen LogP contribution in [0.4, 0.5) is 0 Å². The van der Waals surface area contributed by atoms with Gasteiger partial charge in [0.2, 0.25) is 0 Å². The van der Waals surface area contributed by atoms with E-state index < -0.39 is 9.05 Å². The smallest absolute Gasteiger partial charge is 0.296 e. The Kier molecular flexibility index (Phi) is 4.06. The molecule has 0 saturated carbocycles. The van der Waals surface area contributed by atoms with Crippen molar-refractivity contribution in [2.45, 2.75) is 18.6 Å². The molecule has 0 radical (unpaired) electrons. The molecule has 1 aromatic heterocycles. The molecule has 0 amide bonds. The molecule has 2 aromatic rings. The van der Waals surface area contributed by atoms with Gasteiger partial charge in [0.15, 0.2) is 5.82 Å². The van der Waals surface area contributed by atoms with Crippen molar-refractivity contribution in [2.24, 2.45) is 0 Å². The van der Waals surface area contributed by atoms with Gasteiger partial charge in [0.1, 0.15) is 0 Å². The van der Waals surface area contributed by atoms with E-state index in [4.69, 9.17) is 33.9 Å². The third-order valence-corrected chi connectivity index (χ3v) is 3.96. The topological polar surface area (TPSA) is 64.8 Å². The van der Waals surface area contributed by atoms with E-state index in [0.29, 0.717) is 28.0 Å². The molecule has 0 unspecified atom stereocenters. The van der Waals surface area contributed by atoms with Gasteiger partial charge in [-0.15, -0.1) is 10.2 Å². The second kappa shape index (κ2) is 5.28. The molecule has 0 aliphatic rings. The molecule has 2 rings (SSSR count). The van der Waals surface area contributed by atoms with Crippen LogP contribution in [-0.4, -0.2) is 23.2 Å². The fourth-order valence-corrected chi connectivity index (χ4v) is 3.14. The number of rotatable bonds is 3. The van der Waals surface area contributed by atoms with Gasteiger partial charge in [0.25, 0.3) is 14.2 Å². The molecule has 19 heavy (non-hydrogen) atoms. The first kappa shape index (κ1) is 14.6. The van der Waals surface area contributed by atoms with E-state index >= 15 is 0 Å². The largest absolute Gasteiger partial charge is 0.297 e. The van der Waals surface area contributed by atoms with Crippen LogP contribution in [0.1, 0.15) is 6.92 Å². The lowest BCUT2D eigenvalue weighted by Gasteiger charge is -2.06. The summed E-state index contributed by atoms with van der Waals surface area (Å²) in [6, 6.07) is 4.81. The van der Waals surface area contributed by atoms with Gasteiger partial charge in [-0.05, 0) is 25.1 Å². The summed E-state index contributed by atoms with van der Waals surface area (Å²) >= 11 is 11.8. The molecule has 1 aromatic carbocycles. The Morgan fingerprint density at radius 3 is 2.21 bits per heavy atom. The van der Waals surface area contributed by atoms with Crippen molar-refractivity contribution in [3.05, 3.63) is 28.2 Å². The van der Waals surface area contributed by atoms with Gasteiger partial charge in [-0.2, -0.15) is 0 Å². The van der Waals surface area contributed by atoms with E-state index in [-0.39, 0.29) is 5.16 Å².